The molecular formula is C16H13ClN2O5S. The van der Waals surface area contributed by atoms with E-state index in [2.05, 4.69) is 10.0 Å². The number of amides is 1. The Morgan fingerprint density at radius 1 is 1.12 bits per heavy atom. The zero-order chi connectivity index (χ0) is 18.2. The summed E-state index contributed by atoms with van der Waals surface area (Å²) >= 11 is 3.68. The highest BCUT2D eigenvalue weighted by Crippen LogP contribution is 2.23. The molecular weight excluding hydrogens is 368 g/mol. The van der Waals surface area contributed by atoms with Crippen LogP contribution in [0.5, 0.6) is 5.75 Å². The predicted octanol–water partition coefficient (Wildman–Crippen LogP) is 2.74. The molecule has 3 N–H and O–H groups in total. The number of halogens is 1. The molecule has 7 nitrogen and oxygen atoms in total. The molecule has 1 unspecified atom stereocenters. The smallest absolute Gasteiger partial charge is 0.337 e. The third-order valence-corrected chi connectivity index (χ3v) is 3.56. The molecule has 0 aliphatic heterocycles. The maximum absolute atomic E-state index is 11.9. The lowest BCUT2D eigenvalue weighted by atomic mass is 10.2. The SMILES string of the molecule is O=C(/C=C\NC(=O)c1ccc(NS(=O)O)cc1)Oc1ccccc1Cl. The van der Waals surface area contributed by atoms with E-state index in [1.165, 1.54) is 24.3 Å². The summed E-state index contributed by atoms with van der Waals surface area (Å²) in [6, 6.07) is 12.4. The average molecular weight is 381 g/mol. The summed E-state index contributed by atoms with van der Waals surface area (Å²) in [5, 5.41) is 2.70. The van der Waals surface area contributed by atoms with Crippen LogP contribution in [0.1, 0.15) is 10.4 Å². The molecule has 0 aliphatic rings. The van der Waals surface area contributed by atoms with Crippen molar-refractivity contribution in [1.29, 1.82) is 0 Å². The topological polar surface area (TPSA) is 105 Å². The van der Waals surface area contributed by atoms with Crippen LogP contribution in [0.15, 0.2) is 60.8 Å². The molecule has 0 heterocycles. The number of hydrogen-bond donors (Lipinski definition) is 3. The maximum atomic E-state index is 11.9. The lowest BCUT2D eigenvalue weighted by Crippen LogP contribution is -2.18. The highest BCUT2D eigenvalue weighted by atomic mass is 35.5. The average Bonchev–Trinajstić information content (AvgIpc) is 2.57. The van der Waals surface area contributed by atoms with Crippen molar-refractivity contribution in [2.24, 2.45) is 0 Å². The molecule has 0 saturated carbocycles. The first kappa shape index (κ1) is 18.7. The molecule has 0 fully saturated rings. The lowest BCUT2D eigenvalue weighted by molar-refractivity contribution is -0.129. The second kappa shape index (κ2) is 8.97. The molecule has 130 valence electrons. The van der Waals surface area contributed by atoms with E-state index in [4.69, 9.17) is 20.9 Å². The van der Waals surface area contributed by atoms with Gasteiger partial charge >= 0.3 is 5.97 Å². The molecule has 0 saturated heterocycles. The standard InChI is InChI=1S/C16H13ClN2O5S/c17-13-3-1-2-4-14(13)24-15(20)9-10-18-16(21)11-5-7-12(8-6-11)19-25(22)23/h1-10,19H,(H,18,21)(H,22,23)/b10-9-. The van der Waals surface area contributed by atoms with E-state index in [1.807, 2.05) is 0 Å². The summed E-state index contributed by atoms with van der Waals surface area (Å²) in [7, 11) is 0. The Morgan fingerprint density at radius 3 is 2.44 bits per heavy atom. The second-order valence-corrected chi connectivity index (χ2v) is 5.70. The zero-order valence-corrected chi connectivity index (χ0v) is 14.2. The van der Waals surface area contributed by atoms with Gasteiger partial charge in [-0.3, -0.25) is 14.1 Å². The third kappa shape index (κ3) is 6.03. The summed E-state index contributed by atoms with van der Waals surface area (Å²) in [5.41, 5.74) is 0.689. The summed E-state index contributed by atoms with van der Waals surface area (Å²) in [4.78, 5) is 23.6. The van der Waals surface area contributed by atoms with Crippen LogP contribution in [-0.4, -0.2) is 20.6 Å². The number of rotatable bonds is 6. The molecule has 9 heteroatoms. The number of anilines is 1. The van der Waals surface area contributed by atoms with Gasteiger partial charge in [-0.15, -0.1) is 0 Å². The van der Waals surface area contributed by atoms with Gasteiger partial charge in [0.1, 0.15) is 5.75 Å². The van der Waals surface area contributed by atoms with Crippen molar-refractivity contribution in [3.05, 3.63) is 71.4 Å². The molecule has 1 amide bonds. The summed E-state index contributed by atoms with van der Waals surface area (Å²) in [5.74, 6) is -0.939. The first-order valence-electron chi connectivity index (χ1n) is 6.87. The fraction of sp³-hybridized carbons (Fsp3) is 0. The van der Waals surface area contributed by atoms with Gasteiger partial charge in [0.2, 0.25) is 0 Å². The van der Waals surface area contributed by atoms with Gasteiger partial charge in [0.15, 0.2) is 0 Å². The van der Waals surface area contributed by atoms with E-state index < -0.39 is 23.1 Å². The lowest BCUT2D eigenvalue weighted by Gasteiger charge is -2.04. The van der Waals surface area contributed by atoms with Crippen LogP contribution in [0, 0.1) is 0 Å². The van der Waals surface area contributed by atoms with Crippen LogP contribution in [0.4, 0.5) is 5.69 Å². The van der Waals surface area contributed by atoms with Gasteiger partial charge < -0.3 is 10.1 Å². The van der Waals surface area contributed by atoms with Crippen molar-refractivity contribution in [1.82, 2.24) is 5.32 Å². The minimum Gasteiger partial charge on any atom is -0.422 e. The fourth-order valence-corrected chi connectivity index (χ4v) is 2.24. The Labute approximate surface area is 151 Å². The quantitative estimate of drug-likeness (QED) is 0.309. The van der Waals surface area contributed by atoms with Gasteiger partial charge in [0, 0.05) is 23.5 Å². The van der Waals surface area contributed by atoms with Crippen molar-refractivity contribution in [3.63, 3.8) is 0 Å². The number of carbonyl (C=O) groups excluding carboxylic acids is 2. The first-order valence-corrected chi connectivity index (χ1v) is 8.35. The Kier molecular flexibility index (Phi) is 6.70. The van der Waals surface area contributed by atoms with Crippen molar-refractivity contribution < 1.29 is 23.1 Å². The van der Waals surface area contributed by atoms with Gasteiger partial charge in [-0.2, -0.15) is 0 Å². The van der Waals surface area contributed by atoms with Crippen LogP contribution in [0.2, 0.25) is 5.02 Å². The predicted molar refractivity (Wildman–Crippen MR) is 94.5 cm³/mol. The summed E-state index contributed by atoms with van der Waals surface area (Å²) < 4.78 is 26.6. The van der Waals surface area contributed by atoms with E-state index in [-0.39, 0.29) is 5.75 Å². The Morgan fingerprint density at radius 2 is 1.80 bits per heavy atom. The van der Waals surface area contributed by atoms with Crippen LogP contribution in [-0.2, 0) is 16.1 Å². The molecule has 2 aromatic carbocycles. The Balaban J connectivity index is 1.88. The van der Waals surface area contributed by atoms with Crippen LogP contribution in [0.3, 0.4) is 0 Å². The van der Waals surface area contributed by atoms with E-state index in [1.54, 1.807) is 24.3 Å². The number of para-hydroxylation sites is 1. The first-order chi connectivity index (χ1) is 12.0. The highest BCUT2D eigenvalue weighted by Gasteiger charge is 2.06. The largest absolute Gasteiger partial charge is 0.422 e. The summed E-state index contributed by atoms with van der Waals surface area (Å²) in [6.45, 7) is 0. The van der Waals surface area contributed by atoms with Gasteiger partial charge in [-0.25, -0.2) is 9.00 Å². The molecule has 2 rings (SSSR count). The van der Waals surface area contributed by atoms with Gasteiger partial charge in [-0.05, 0) is 36.4 Å². The van der Waals surface area contributed by atoms with Gasteiger partial charge in [0.05, 0.1) is 5.02 Å². The molecule has 25 heavy (non-hydrogen) atoms. The molecule has 2 aromatic rings. The number of esters is 1. The monoisotopic (exact) mass is 380 g/mol. The molecule has 0 bridgehead atoms. The number of benzene rings is 2. The minimum absolute atomic E-state index is 0.217. The van der Waals surface area contributed by atoms with E-state index in [0.717, 1.165) is 12.3 Å². The van der Waals surface area contributed by atoms with Crippen molar-refractivity contribution in [3.8, 4) is 5.75 Å². The van der Waals surface area contributed by atoms with E-state index in [0.29, 0.717) is 16.3 Å². The van der Waals surface area contributed by atoms with Crippen LogP contribution in [0.25, 0.3) is 0 Å². The van der Waals surface area contributed by atoms with Crippen molar-refractivity contribution >= 4 is 40.4 Å². The van der Waals surface area contributed by atoms with E-state index >= 15 is 0 Å². The maximum Gasteiger partial charge on any atom is 0.337 e. The van der Waals surface area contributed by atoms with Crippen molar-refractivity contribution in [2.45, 2.75) is 0 Å². The van der Waals surface area contributed by atoms with Crippen molar-refractivity contribution in [2.75, 3.05) is 4.72 Å². The Hall–Kier alpha value is -2.68. The Bertz CT molecular complexity index is 824. The van der Waals surface area contributed by atoms with Gasteiger partial charge in [-0.1, -0.05) is 23.7 Å². The van der Waals surface area contributed by atoms with Gasteiger partial charge in [0.25, 0.3) is 17.2 Å². The highest BCUT2D eigenvalue weighted by molar-refractivity contribution is 7.80. The minimum atomic E-state index is -2.19. The van der Waals surface area contributed by atoms with Crippen LogP contribution >= 0.6 is 11.6 Å². The molecule has 0 aromatic heterocycles. The number of nitrogens with one attached hydrogen (secondary N) is 2. The van der Waals surface area contributed by atoms with E-state index in [9.17, 15) is 13.8 Å². The summed E-state index contributed by atoms with van der Waals surface area (Å²) in [6.07, 6.45) is 2.20. The molecule has 0 aliphatic carbocycles. The zero-order valence-electron chi connectivity index (χ0n) is 12.6. The van der Waals surface area contributed by atoms with Crippen LogP contribution < -0.4 is 14.8 Å². The third-order valence-electron chi connectivity index (χ3n) is 2.83. The molecule has 1 atom stereocenters. The fourth-order valence-electron chi connectivity index (χ4n) is 1.73. The normalized spacial score (nSPS) is 11.8. The second-order valence-electron chi connectivity index (χ2n) is 4.59. The number of hydrogen-bond acceptors (Lipinski definition) is 4. The molecule has 0 radical (unpaired) electrons. The number of ether oxygens (including phenoxy) is 1. The molecule has 0 spiro atoms. The number of carbonyl (C=O) groups is 2.